The molecule has 0 N–H and O–H groups in total. The molecule has 94 valence electrons. The Morgan fingerprint density at radius 3 is 2.88 bits per heavy atom. The molecule has 17 heavy (non-hydrogen) atoms. The predicted molar refractivity (Wildman–Crippen MR) is 74.9 cm³/mol. The van der Waals surface area contributed by atoms with E-state index in [9.17, 15) is 0 Å². The van der Waals surface area contributed by atoms with Crippen molar-refractivity contribution in [2.24, 2.45) is 0 Å². The third kappa shape index (κ3) is 3.60. The van der Waals surface area contributed by atoms with E-state index in [4.69, 9.17) is 11.6 Å². The molecule has 0 amide bonds. The summed E-state index contributed by atoms with van der Waals surface area (Å²) < 4.78 is 0. The second kappa shape index (κ2) is 6.62. The van der Waals surface area contributed by atoms with Crippen molar-refractivity contribution >= 4 is 23.4 Å². The van der Waals surface area contributed by atoms with E-state index in [1.165, 1.54) is 42.9 Å². The van der Waals surface area contributed by atoms with Crippen LogP contribution in [0.4, 0.5) is 0 Å². The molecule has 2 heterocycles. The molecule has 0 radical (unpaired) electrons. The summed E-state index contributed by atoms with van der Waals surface area (Å²) in [5.41, 5.74) is 2.26. The Hall–Kier alpha value is -0.250. The lowest BCUT2D eigenvalue weighted by atomic mass is 10.2. The Morgan fingerprint density at radius 1 is 1.41 bits per heavy atom. The van der Waals surface area contributed by atoms with Gasteiger partial charge in [-0.05, 0) is 44.5 Å². The number of rotatable bonds is 5. The smallest absolute Gasteiger partial charge is 0.0650 e. The van der Waals surface area contributed by atoms with Crippen LogP contribution in [0.5, 0.6) is 0 Å². The fraction of sp³-hybridized carbons (Fsp3) is 0.615. The summed E-state index contributed by atoms with van der Waals surface area (Å²) in [5.74, 6) is 1.67. The monoisotopic (exact) mass is 270 g/mol. The predicted octanol–water partition coefficient (Wildman–Crippen LogP) is 3.32. The van der Waals surface area contributed by atoms with Gasteiger partial charge in [-0.1, -0.05) is 0 Å². The number of aromatic nitrogens is 1. The Balaban J connectivity index is 1.85. The topological polar surface area (TPSA) is 16.1 Å². The Kier molecular flexibility index (Phi) is 5.14. The lowest BCUT2D eigenvalue weighted by molar-refractivity contribution is 0.362. The molecular weight excluding hydrogens is 252 g/mol. The molecule has 0 saturated carbocycles. The van der Waals surface area contributed by atoms with Crippen LogP contribution in [0.2, 0.25) is 0 Å². The highest BCUT2D eigenvalue weighted by atomic mass is 35.5. The van der Waals surface area contributed by atoms with Crippen molar-refractivity contribution in [3.05, 3.63) is 23.5 Å². The number of pyridine rings is 1. The van der Waals surface area contributed by atoms with Crippen molar-refractivity contribution in [2.45, 2.75) is 30.5 Å². The summed E-state index contributed by atoms with van der Waals surface area (Å²) in [7, 11) is 0. The summed E-state index contributed by atoms with van der Waals surface area (Å²) in [6.45, 7) is 5.87. The number of nitrogens with zero attached hydrogens (tertiary/aromatic N) is 2. The first kappa shape index (κ1) is 13.2. The largest absolute Gasteiger partial charge is 0.303 e. The van der Waals surface area contributed by atoms with Gasteiger partial charge in [0.1, 0.15) is 0 Å². The normalized spacial score (nSPS) is 16.6. The number of hydrogen-bond donors (Lipinski definition) is 0. The van der Waals surface area contributed by atoms with Crippen molar-refractivity contribution < 1.29 is 0 Å². The fourth-order valence-corrected chi connectivity index (χ4v) is 3.47. The van der Waals surface area contributed by atoms with Crippen LogP contribution >= 0.6 is 23.4 Å². The molecule has 0 aromatic carbocycles. The van der Waals surface area contributed by atoms with Crippen LogP contribution in [0, 0.1) is 6.92 Å². The first-order valence-corrected chi connectivity index (χ1v) is 7.69. The van der Waals surface area contributed by atoms with Gasteiger partial charge in [0.05, 0.1) is 11.6 Å². The van der Waals surface area contributed by atoms with Crippen LogP contribution < -0.4 is 0 Å². The Morgan fingerprint density at radius 2 is 2.18 bits per heavy atom. The second-order valence-electron chi connectivity index (χ2n) is 4.41. The molecular formula is C13H19ClN2S. The number of halogens is 1. The summed E-state index contributed by atoms with van der Waals surface area (Å²) in [4.78, 5) is 8.16. The van der Waals surface area contributed by atoms with E-state index in [0.29, 0.717) is 5.88 Å². The van der Waals surface area contributed by atoms with Crippen LogP contribution in [-0.2, 0) is 5.88 Å². The van der Waals surface area contributed by atoms with Crippen LogP contribution in [0.3, 0.4) is 0 Å². The minimum atomic E-state index is 0.506. The lowest BCUT2D eigenvalue weighted by Gasteiger charge is -2.14. The van der Waals surface area contributed by atoms with E-state index in [1.54, 1.807) is 0 Å². The molecule has 0 unspecified atom stereocenters. The molecule has 1 aromatic rings. The zero-order valence-corrected chi connectivity index (χ0v) is 11.9. The van der Waals surface area contributed by atoms with E-state index in [0.717, 1.165) is 11.4 Å². The zero-order chi connectivity index (χ0) is 12.1. The first-order valence-electron chi connectivity index (χ1n) is 6.17. The van der Waals surface area contributed by atoms with Gasteiger partial charge in [0, 0.05) is 23.4 Å². The second-order valence-corrected chi connectivity index (χ2v) is 5.82. The maximum absolute atomic E-state index is 5.86. The van der Waals surface area contributed by atoms with Gasteiger partial charge >= 0.3 is 0 Å². The molecule has 1 aliphatic heterocycles. The first-order chi connectivity index (χ1) is 8.31. The van der Waals surface area contributed by atoms with Gasteiger partial charge in [0.25, 0.3) is 0 Å². The maximum Gasteiger partial charge on any atom is 0.0650 e. The molecule has 0 aliphatic carbocycles. The minimum absolute atomic E-state index is 0.506. The van der Waals surface area contributed by atoms with E-state index < -0.39 is 0 Å². The molecule has 2 rings (SSSR count). The van der Waals surface area contributed by atoms with Gasteiger partial charge in [-0.25, -0.2) is 0 Å². The Bertz CT molecular complexity index is 364. The van der Waals surface area contributed by atoms with Crippen molar-refractivity contribution in [1.29, 1.82) is 0 Å². The molecule has 0 atom stereocenters. The average molecular weight is 271 g/mol. The molecule has 1 fully saturated rings. The van der Waals surface area contributed by atoms with E-state index in [1.807, 2.05) is 18.0 Å². The molecule has 2 nitrogen and oxygen atoms in total. The summed E-state index contributed by atoms with van der Waals surface area (Å²) in [6, 6.07) is 2.10. The van der Waals surface area contributed by atoms with Crippen LogP contribution in [0.25, 0.3) is 0 Å². The Labute approximate surface area is 113 Å². The molecule has 0 spiro atoms. The van der Waals surface area contributed by atoms with Crippen molar-refractivity contribution in [3.8, 4) is 0 Å². The number of thioether (sulfide) groups is 1. The van der Waals surface area contributed by atoms with Gasteiger partial charge in [-0.3, -0.25) is 4.98 Å². The average Bonchev–Trinajstić information content (AvgIpc) is 2.84. The van der Waals surface area contributed by atoms with Crippen molar-refractivity contribution in [3.63, 3.8) is 0 Å². The summed E-state index contributed by atoms with van der Waals surface area (Å²) in [6.07, 6.45) is 4.60. The molecule has 1 aromatic heterocycles. The van der Waals surface area contributed by atoms with Crippen LogP contribution in [-0.4, -0.2) is 35.3 Å². The van der Waals surface area contributed by atoms with Gasteiger partial charge in [-0.2, -0.15) is 0 Å². The molecule has 1 saturated heterocycles. The van der Waals surface area contributed by atoms with E-state index in [-0.39, 0.29) is 0 Å². The highest BCUT2D eigenvalue weighted by Gasteiger charge is 2.11. The summed E-state index contributed by atoms with van der Waals surface area (Å²) >= 11 is 7.78. The van der Waals surface area contributed by atoms with Gasteiger partial charge in [-0.15, -0.1) is 23.4 Å². The molecule has 0 bridgehead atoms. The van der Waals surface area contributed by atoms with Gasteiger partial charge < -0.3 is 4.90 Å². The number of likely N-dealkylation sites (tertiary alicyclic amines) is 1. The number of hydrogen-bond acceptors (Lipinski definition) is 3. The minimum Gasteiger partial charge on any atom is -0.303 e. The fourth-order valence-electron chi connectivity index (χ4n) is 2.14. The zero-order valence-electron chi connectivity index (χ0n) is 10.3. The van der Waals surface area contributed by atoms with Crippen LogP contribution in [0.15, 0.2) is 17.2 Å². The standard InChI is InChI=1S/C13H19ClN2S/c1-11-12(10-14)15-5-4-13(11)17-9-8-16-6-2-3-7-16/h4-5H,2-3,6-10H2,1H3. The number of alkyl halides is 1. The van der Waals surface area contributed by atoms with Gasteiger partial charge in [0.2, 0.25) is 0 Å². The van der Waals surface area contributed by atoms with Crippen molar-refractivity contribution in [1.82, 2.24) is 9.88 Å². The lowest BCUT2D eigenvalue weighted by Crippen LogP contribution is -2.21. The van der Waals surface area contributed by atoms with E-state index >= 15 is 0 Å². The quantitative estimate of drug-likeness (QED) is 0.603. The van der Waals surface area contributed by atoms with Crippen molar-refractivity contribution in [2.75, 3.05) is 25.4 Å². The van der Waals surface area contributed by atoms with Crippen LogP contribution in [0.1, 0.15) is 24.1 Å². The highest BCUT2D eigenvalue weighted by molar-refractivity contribution is 7.99. The third-order valence-electron chi connectivity index (χ3n) is 3.25. The maximum atomic E-state index is 5.86. The SMILES string of the molecule is Cc1c(SCCN2CCCC2)ccnc1CCl. The third-order valence-corrected chi connectivity index (χ3v) is 4.64. The highest BCUT2D eigenvalue weighted by Crippen LogP contribution is 2.24. The molecule has 1 aliphatic rings. The van der Waals surface area contributed by atoms with E-state index in [2.05, 4.69) is 22.9 Å². The summed E-state index contributed by atoms with van der Waals surface area (Å²) in [5, 5.41) is 0. The molecule has 4 heteroatoms. The van der Waals surface area contributed by atoms with Gasteiger partial charge in [0.15, 0.2) is 0 Å².